The molecule has 1 N–H and O–H groups in total. The molecule has 0 saturated heterocycles. The van der Waals surface area contributed by atoms with E-state index < -0.39 is 0 Å². The predicted molar refractivity (Wildman–Crippen MR) is 64.7 cm³/mol. The number of rotatable bonds is 4. The number of halogens is 1. The third-order valence-electron chi connectivity index (χ3n) is 3.88. The van der Waals surface area contributed by atoms with E-state index in [0.717, 1.165) is 19.3 Å². The average molecular weight is 249 g/mol. The number of hydrogen-bond acceptors (Lipinski definition) is 2. The normalized spacial score (nSPS) is 32.1. The van der Waals surface area contributed by atoms with Crippen LogP contribution in [0.2, 0.25) is 0 Å². The van der Waals surface area contributed by atoms with E-state index >= 15 is 0 Å². The molecule has 1 amide bonds. The second-order valence-corrected chi connectivity index (χ2v) is 5.91. The van der Waals surface area contributed by atoms with Crippen LogP contribution in [0.15, 0.2) is 24.3 Å². The Morgan fingerprint density at radius 1 is 1.33 bits per heavy atom. The Balaban J connectivity index is 1.46. The molecule has 4 rings (SSSR count). The zero-order valence-electron chi connectivity index (χ0n) is 10.3. The monoisotopic (exact) mass is 249 g/mol. The molecule has 0 aliphatic heterocycles. The largest absolute Gasteiger partial charge is 0.484 e. The first-order valence-electron chi connectivity index (χ1n) is 6.18. The van der Waals surface area contributed by atoms with Gasteiger partial charge in [-0.2, -0.15) is 0 Å². The third kappa shape index (κ3) is 1.96. The maximum Gasteiger partial charge on any atom is 0.258 e. The molecule has 3 saturated carbocycles. The van der Waals surface area contributed by atoms with E-state index in [0.29, 0.717) is 11.2 Å². The van der Waals surface area contributed by atoms with Crippen molar-refractivity contribution in [2.24, 2.45) is 5.41 Å². The number of hydrogen-bond donors (Lipinski definition) is 1. The van der Waals surface area contributed by atoms with E-state index in [1.54, 1.807) is 0 Å². The summed E-state index contributed by atoms with van der Waals surface area (Å²) in [7, 11) is 0. The van der Waals surface area contributed by atoms with Crippen LogP contribution in [0.3, 0.4) is 0 Å². The lowest BCUT2D eigenvalue weighted by Crippen LogP contribution is -2.73. The quantitative estimate of drug-likeness (QED) is 0.889. The highest BCUT2D eigenvalue weighted by Crippen LogP contribution is 2.66. The molecular weight excluding hydrogens is 233 g/mol. The fourth-order valence-electron chi connectivity index (χ4n) is 3.44. The number of nitrogens with one attached hydrogen (secondary N) is 1. The highest BCUT2D eigenvalue weighted by Gasteiger charge is 2.65. The van der Waals surface area contributed by atoms with Crippen molar-refractivity contribution in [2.45, 2.75) is 31.7 Å². The van der Waals surface area contributed by atoms with Crippen LogP contribution in [-0.4, -0.2) is 18.1 Å². The maximum absolute atomic E-state index is 12.7. The van der Waals surface area contributed by atoms with Gasteiger partial charge in [-0.25, -0.2) is 4.39 Å². The fourth-order valence-corrected chi connectivity index (χ4v) is 3.44. The van der Waals surface area contributed by atoms with Crippen LogP contribution in [-0.2, 0) is 4.79 Å². The lowest BCUT2D eigenvalue weighted by atomic mass is 9.40. The Kier molecular flexibility index (Phi) is 2.37. The highest BCUT2D eigenvalue weighted by molar-refractivity contribution is 5.79. The lowest BCUT2D eigenvalue weighted by molar-refractivity contribution is -0.157. The number of benzene rings is 1. The molecule has 96 valence electrons. The zero-order valence-corrected chi connectivity index (χ0v) is 10.3. The maximum atomic E-state index is 12.7. The molecule has 3 aliphatic rings. The molecule has 0 unspecified atom stereocenters. The molecule has 0 spiro atoms. The molecule has 0 radical (unpaired) electrons. The zero-order chi connectivity index (χ0) is 12.8. The van der Waals surface area contributed by atoms with Crippen molar-refractivity contribution in [1.29, 1.82) is 0 Å². The minimum Gasteiger partial charge on any atom is -0.484 e. The summed E-state index contributed by atoms with van der Waals surface area (Å²) in [6.45, 7) is 2.24. The van der Waals surface area contributed by atoms with Crippen molar-refractivity contribution >= 4 is 5.91 Å². The summed E-state index contributed by atoms with van der Waals surface area (Å²) in [5, 5.41) is 3.03. The van der Waals surface area contributed by atoms with Crippen molar-refractivity contribution in [3.05, 3.63) is 30.1 Å². The highest BCUT2D eigenvalue weighted by atomic mass is 19.1. The Bertz CT molecular complexity index is 463. The molecule has 1 aromatic carbocycles. The van der Waals surface area contributed by atoms with Crippen LogP contribution in [0.4, 0.5) is 4.39 Å². The molecule has 2 bridgehead atoms. The van der Waals surface area contributed by atoms with Gasteiger partial charge in [0.25, 0.3) is 5.91 Å². The molecule has 1 aromatic rings. The van der Waals surface area contributed by atoms with Gasteiger partial charge >= 0.3 is 0 Å². The van der Waals surface area contributed by atoms with Crippen molar-refractivity contribution in [3.63, 3.8) is 0 Å². The van der Waals surface area contributed by atoms with E-state index in [1.807, 2.05) is 0 Å². The van der Waals surface area contributed by atoms with Crippen LogP contribution in [0.1, 0.15) is 26.2 Å². The van der Waals surface area contributed by atoms with Crippen LogP contribution in [0, 0.1) is 11.2 Å². The summed E-state index contributed by atoms with van der Waals surface area (Å²) in [5.74, 6) is 0.103. The Morgan fingerprint density at radius 2 is 1.94 bits per heavy atom. The van der Waals surface area contributed by atoms with E-state index in [2.05, 4.69) is 12.2 Å². The summed E-state index contributed by atoms with van der Waals surface area (Å²) in [6, 6.07) is 5.67. The number of carbonyl (C=O) groups excluding carboxylic acids is 1. The standard InChI is InChI=1S/C14H16FNO2/c1-13-7-14(8-13,9-13)16-12(17)6-18-11-4-2-10(15)3-5-11/h2-5H,6-9H2,1H3,(H,16,17). The van der Waals surface area contributed by atoms with Gasteiger partial charge in [0.2, 0.25) is 0 Å². The van der Waals surface area contributed by atoms with Gasteiger partial charge in [-0.15, -0.1) is 0 Å². The molecule has 3 aliphatic carbocycles. The van der Waals surface area contributed by atoms with Gasteiger partial charge in [0.05, 0.1) is 0 Å². The Hall–Kier alpha value is -1.58. The lowest BCUT2D eigenvalue weighted by Gasteiger charge is -2.69. The molecule has 3 fully saturated rings. The molecule has 0 heterocycles. The van der Waals surface area contributed by atoms with Gasteiger partial charge in [-0.3, -0.25) is 4.79 Å². The SMILES string of the molecule is CC12CC(NC(=O)COc3ccc(F)cc3)(C1)C2. The van der Waals surface area contributed by atoms with Crippen LogP contribution in [0.5, 0.6) is 5.75 Å². The number of amides is 1. The molecular formula is C14H16FNO2. The van der Waals surface area contributed by atoms with Gasteiger partial charge in [-0.1, -0.05) is 6.92 Å². The van der Waals surface area contributed by atoms with Crippen molar-refractivity contribution in [1.82, 2.24) is 5.32 Å². The van der Waals surface area contributed by atoms with Gasteiger partial charge in [0.1, 0.15) is 11.6 Å². The topological polar surface area (TPSA) is 38.3 Å². The average Bonchev–Trinajstić information content (AvgIpc) is 2.25. The number of ether oxygens (including phenoxy) is 1. The smallest absolute Gasteiger partial charge is 0.258 e. The number of carbonyl (C=O) groups is 1. The minimum atomic E-state index is -0.311. The van der Waals surface area contributed by atoms with Crippen LogP contribution in [0.25, 0.3) is 0 Å². The van der Waals surface area contributed by atoms with E-state index in [4.69, 9.17) is 4.74 Å². The van der Waals surface area contributed by atoms with Crippen LogP contribution < -0.4 is 10.1 Å². The summed E-state index contributed by atoms with van der Waals surface area (Å²) >= 11 is 0. The van der Waals surface area contributed by atoms with Crippen molar-refractivity contribution in [3.8, 4) is 5.75 Å². The third-order valence-corrected chi connectivity index (χ3v) is 3.88. The van der Waals surface area contributed by atoms with Gasteiger partial charge in [0, 0.05) is 5.54 Å². The summed E-state index contributed by atoms with van der Waals surface area (Å²) in [6.07, 6.45) is 3.26. The molecule has 0 atom stereocenters. The van der Waals surface area contributed by atoms with Gasteiger partial charge < -0.3 is 10.1 Å². The minimum absolute atomic E-state index is 0.00982. The van der Waals surface area contributed by atoms with E-state index in [9.17, 15) is 9.18 Å². The molecule has 0 aromatic heterocycles. The summed E-state index contributed by atoms with van der Waals surface area (Å²) < 4.78 is 18.0. The van der Waals surface area contributed by atoms with E-state index in [-0.39, 0.29) is 23.9 Å². The molecule has 4 heteroatoms. The first kappa shape index (κ1) is 11.5. The van der Waals surface area contributed by atoms with Crippen molar-refractivity contribution < 1.29 is 13.9 Å². The first-order chi connectivity index (χ1) is 8.49. The second kappa shape index (κ2) is 3.70. The van der Waals surface area contributed by atoms with E-state index in [1.165, 1.54) is 24.3 Å². The van der Waals surface area contributed by atoms with Gasteiger partial charge in [0.15, 0.2) is 6.61 Å². The predicted octanol–water partition coefficient (Wildman–Crippen LogP) is 2.26. The molecule has 3 nitrogen and oxygen atoms in total. The fraction of sp³-hybridized carbons (Fsp3) is 0.500. The van der Waals surface area contributed by atoms with Crippen molar-refractivity contribution in [2.75, 3.05) is 6.61 Å². The Labute approximate surface area is 105 Å². The first-order valence-corrected chi connectivity index (χ1v) is 6.18. The van der Waals surface area contributed by atoms with Gasteiger partial charge in [-0.05, 0) is 48.9 Å². The molecule has 18 heavy (non-hydrogen) atoms. The Morgan fingerprint density at radius 3 is 2.50 bits per heavy atom. The summed E-state index contributed by atoms with van der Waals surface area (Å²) in [5.41, 5.74) is 0.531. The summed E-state index contributed by atoms with van der Waals surface area (Å²) in [4.78, 5) is 11.7. The second-order valence-electron chi connectivity index (χ2n) is 5.91. The van der Waals surface area contributed by atoms with Crippen LogP contribution >= 0.6 is 0 Å².